The minimum absolute atomic E-state index is 0.475. The molecule has 2 heteroatoms. The Hall–Kier alpha value is -1.31. The van der Waals surface area contributed by atoms with E-state index in [1.807, 2.05) is 13.0 Å². The number of hydrogen-bond acceptors (Lipinski definition) is 1. The summed E-state index contributed by atoms with van der Waals surface area (Å²) < 4.78 is 0. The normalized spacial score (nSPS) is 15.9. The highest BCUT2D eigenvalue weighted by atomic mass is 16.4. The number of rotatable bonds is 3. The van der Waals surface area contributed by atoms with Crippen LogP contribution in [0.3, 0.4) is 0 Å². The minimum Gasteiger partial charge on any atom is -0.478 e. The predicted molar refractivity (Wildman–Crippen MR) is 64.1 cm³/mol. The van der Waals surface area contributed by atoms with Crippen molar-refractivity contribution in [3.8, 4) is 0 Å². The highest BCUT2D eigenvalue weighted by Crippen LogP contribution is 2.39. The van der Waals surface area contributed by atoms with E-state index in [2.05, 4.69) is 6.92 Å². The monoisotopic (exact) mass is 218 g/mol. The lowest BCUT2D eigenvalue weighted by Gasteiger charge is -2.28. The third-order valence-electron chi connectivity index (χ3n) is 3.77. The third-order valence-corrected chi connectivity index (χ3v) is 3.77. The molecular weight excluding hydrogens is 200 g/mol. The molecule has 2 nitrogen and oxygen atoms in total. The van der Waals surface area contributed by atoms with Gasteiger partial charge in [0.15, 0.2) is 0 Å². The molecule has 86 valence electrons. The fraction of sp³-hybridized carbons (Fsp3) is 0.500. The van der Waals surface area contributed by atoms with Crippen LogP contribution in [-0.4, -0.2) is 11.1 Å². The lowest BCUT2D eigenvalue weighted by atomic mass is 9.77. The molecule has 1 aromatic rings. The van der Waals surface area contributed by atoms with Gasteiger partial charge in [-0.25, -0.2) is 4.79 Å². The molecule has 1 aromatic carbocycles. The Bertz CT molecular complexity index is 417. The molecule has 1 saturated carbocycles. The summed E-state index contributed by atoms with van der Waals surface area (Å²) in [5, 5.41) is 9.12. The minimum atomic E-state index is -0.805. The molecule has 0 atom stereocenters. The maximum atomic E-state index is 11.1. The van der Waals surface area contributed by atoms with Gasteiger partial charge in [0.2, 0.25) is 0 Å². The second-order valence-corrected chi connectivity index (χ2v) is 4.59. The van der Waals surface area contributed by atoms with E-state index in [0.717, 1.165) is 12.0 Å². The average Bonchev–Trinajstić information content (AvgIpc) is 2.17. The first-order valence-corrected chi connectivity index (χ1v) is 6.00. The number of hydrogen-bond donors (Lipinski definition) is 1. The first-order chi connectivity index (χ1) is 7.65. The average molecular weight is 218 g/mol. The van der Waals surface area contributed by atoms with Gasteiger partial charge < -0.3 is 5.11 Å². The van der Waals surface area contributed by atoms with Crippen LogP contribution < -0.4 is 0 Å². The van der Waals surface area contributed by atoms with Crippen LogP contribution in [0.25, 0.3) is 0 Å². The smallest absolute Gasteiger partial charge is 0.335 e. The number of carboxylic acids is 1. The Balaban J connectivity index is 2.47. The molecule has 1 N–H and O–H groups in total. The van der Waals surface area contributed by atoms with E-state index in [1.165, 1.54) is 30.4 Å². The Morgan fingerprint density at radius 2 is 2.12 bits per heavy atom. The Kier molecular flexibility index (Phi) is 2.99. The van der Waals surface area contributed by atoms with Gasteiger partial charge in [-0.1, -0.05) is 19.4 Å². The van der Waals surface area contributed by atoms with Crippen LogP contribution in [0.1, 0.15) is 59.2 Å². The first kappa shape index (κ1) is 11.2. The van der Waals surface area contributed by atoms with Crippen molar-refractivity contribution in [2.24, 2.45) is 0 Å². The quantitative estimate of drug-likeness (QED) is 0.842. The summed E-state index contributed by atoms with van der Waals surface area (Å²) in [4.78, 5) is 11.1. The zero-order chi connectivity index (χ0) is 11.7. The van der Waals surface area contributed by atoms with Gasteiger partial charge in [-0.3, -0.25) is 0 Å². The summed E-state index contributed by atoms with van der Waals surface area (Å²) in [6.45, 7) is 4.10. The summed E-state index contributed by atoms with van der Waals surface area (Å²) in [5.74, 6) is -0.131. The van der Waals surface area contributed by atoms with Crippen molar-refractivity contribution in [3.05, 3.63) is 34.4 Å². The van der Waals surface area contributed by atoms with Crippen LogP contribution in [0.2, 0.25) is 0 Å². The van der Waals surface area contributed by atoms with Gasteiger partial charge in [0.25, 0.3) is 0 Å². The molecular formula is C14H18O2. The van der Waals surface area contributed by atoms with E-state index in [4.69, 9.17) is 5.11 Å². The van der Waals surface area contributed by atoms with Gasteiger partial charge in [-0.15, -0.1) is 0 Å². The third kappa shape index (κ3) is 1.73. The molecule has 1 fully saturated rings. The number of benzene rings is 1. The van der Waals surface area contributed by atoms with Crippen molar-refractivity contribution in [2.75, 3.05) is 0 Å². The number of carboxylic acid groups (broad SMARTS) is 1. The van der Waals surface area contributed by atoms with Gasteiger partial charge in [-0.2, -0.15) is 0 Å². The molecule has 1 aliphatic carbocycles. The number of aromatic carboxylic acids is 1. The molecule has 0 saturated heterocycles. The van der Waals surface area contributed by atoms with Crippen molar-refractivity contribution in [3.63, 3.8) is 0 Å². The van der Waals surface area contributed by atoms with E-state index in [0.29, 0.717) is 11.5 Å². The lowest BCUT2D eigenvalue weighted by molar-refractivity contribution is 0.0695. The lowest BCUT2D eigenvalue weighted by Crippen LogP contribution is -2.13. The molecule has 0 heterocycles. The van der Waals surface area contributed by atoms with Crippen LogP contribution in [0.5, 0.6) is 0 Å². The fourth-order valence-corrected chi connectivity index (χ4v) is 2.59. The predicted octanol–water partition coefficient (Wildman–Crippen LogP) is 3.52. The molecule has 0 unspecified atom stereocenters. The summed E-state index contributed by atoms with van der Waals surface area (Å²) in [7, 11) is 0. The molecule has 0 aliphatic heterocycles. The van der Waals surface area contributed by atoms with Gasteiger partial charge in [-0.05, 0) is 54.9 Å². The fourth-order valence-electron chi connectivity index (χ4n) is 2.59. The summed E-state index contributed by atoms with van der Waals surface area (Å²) in [5.41, 5.74) is 4.06. The highest BCUT2D eigenvalue weighted by Gasteiger charge is 2.23. The van der Waals surface area contributed by atoms with Gasteiger partial charge in [0.1, 0.15) is 0 Å². The van der Waals surface area contributed by atoms with Crippen molar-refractivity contribution in [1.29, 1.82) is 0 Å². The highest BCUT2D eigenvalue weighted by molar-refractivity contribution is 5.90. The molecule has 2 rings (SSSR count). The molecule has 0 radical (unpaired) electrons. The molecule has 1 aliphatic rings. The molecule has 0 aromatic heterocycles. The summed E-state index contributed by atoms with van der Waals surface area (Å²) >= 11 is 0. The van der Waals surface area contributed by atoms with Crippen LogP contribution in [0, 0.1) is 6.92 Å². The van der Waals surface area contributed by atoms with Crippen molar-refractivity contribution in [1.82, 2.24) is 0 Å². The standard InChI is InChI=1S/C14H18O2/c1-3-11-9(2)12(10-5-4-6-10)7-8-13(11)14(15)16/h7-8,10H,3-6H2,1-2H3,(H,15,16). The maximum absolute atomic E-state index is 11.1. The van der Waals surface area contributed by atoms with Gasteiger partial charge in [0, 0.05) is 0 Å². The van der Waals surface area contributed by atoms with Gasteiger partial charge in [0.05, 0.1) is 5.56 Å². The van der Waals surface area contributed by atoms with Crippen molar-refractivity contribution >= 4 is 5.97 Å². The van der Waals surface area contributed by atoms with E-state index >= 15 is 0 Å². The van der Waals surface area contributed by atoms with Crippen LogP contribution >= 0.6 is 0 Å². The largest absolute Gasteiger partial charge is 0.478 e. The van der Waals surface area contributed by atoms with Crippen LogP contribution in [0.15, 0.2) is 12.1 Å². The molecule has 16 heavy (non-hydrogen) atoms. The number of carbonyl (C=O) groups is 1. The summed E-state index contributed by atoms with van der Waals surface area (Å²) in [6.07, 6.45) is 4.63. The zero-order valence-corrected chi connectivity index (χ0v) is 9.92. The van der Waals surface area contributed by atoms with Crippen LogP contribution in [0.4, 0.5) is 0 Å². The topological polar surface area (TPSA) is 37.3 Å². The second-order valence-electron chi connectivity index (χ2n) is 4.59. The van der Waals surface area contributed by atoms with E-state index in [1.54, 1.807) is 6.07 Å². The Labute approximate surface area is 96.3 Å². The van der Waals surface area contributed by atoms with Crippen molar-refractivity contribution in [2.45, 2.75) is 45.4 Å². The van der Waals surface area contributed by atoms with E-state index < -0.39 is 5.97 Å². The van der Waals surface area contributed by atoms with E-state index in [-0.39, 0.29) is 0 Å². The SMILES string of the molecule is CCc1c(C(=O)O)ccc(C2CCC2)c1C. The summed E-state index contributed by atoms with van der Waals surface area (Å²) in [6, 6.07) is 3.80. The Morgan fingerprint density at radius 1 is 1.44 bits per heavy atom. The van der Waals surface area contributed by atoms with Crippen LogP contribution in [-0.2, 0) is 6.42 Å². The van der Waals surface area contributed by atoms with Gasteiger partial charge >= 0.3 is 5.97 Å². The molecule has 0 amide bonds. The van der Waals surface area contributed by atoms with Crippen molar-refractivity contribution < 1.29 is 9.90 Å². The maximum Gasteiger partial charge on any atom is 0.335 e. The second kappa shape index (κ2) is 4.28. The van der Waals surface area contributed by atoms with E-state index in [9.17, 15) is 4.79 Å². The molecule has 0 bridgehead atoms. The zero-order valence-electron chi connectivity index (χ0n) is 9.92. The molecule has 0 spiro atoms. The first-order valence-electron chi connectivity index (χ1n) is 6.00. The Morgan fingerprint density at radius 3 is 2.56 bits per heavy atom.